The van der Waals surface area contributed by atoms with E-state index in [0.29, 0.717) is 25.3 Å². The second-order valence-corrected chi connectivity index (χ2v) is 5.92. The number of carbonyl (C=O) groups is 1. The minimum Gasteiger partial charge on any atom is -0.376 e. The molecule has 0 saturated carbocycles. The summed E-state index contributed by atoms with van der Waals surface area (Å²) in [5.74, 6) is -0.0470. The van der Waals surface area contributed by atoms with Crippen LogP contribution in [0, 0.1) is 0 Å². The number of aromatic amines is 1. The van der Waals surface area contributed by atoms with E-state index < -0.39 is 0 Å². The maximum atomic E-state index is 12.1. The molecule has 1 aliphatic heterocycles. The van der Waals surface area contributed by atoms with Gasteiger partial charge < -0.3 is 20.9 Å². The fourth-order valence-electron chi connectivity index (χ4n) is 2.87. The zero-order valence-corrected chi connectivity index (χ0v) is 13.8. The molecule has 0 unspecified atom stereocenters. The number of nitrogens with one attached hydrogen (secondary N) is 2. The summed E-state index contributed by atoms with van der Waals surface area (Å²) in [6, 6.07) is 5.64. The van der Waals surface area contributed by atoms with Crippen LogP contribution in [-0.4, -0.2) is 46.5 Å². The van der Waals surface area contributed by atoms with Crippen LogP contribution in [0.4, 0.5) is 5.69 Å². The van der Waals surface area contributed by atoms with Crippen molar-refractivity contribution in [2.75, 3.05) is 25.0 Å². The first kappa shape index (κ1) is 16.9. The van der Waals surface area contributed by atoms with Crippen LogP contribution in [0.25, 0.3) is 11.1 Å². The number of aromatic nitrogens is 2. The topological polar surface area (TPSA) is 104 Å². The lowest BCUT2D eigenvalue weighted by atomic mass is 10.1. The Morgan fingerprint density at radius 1 is 1.40 bits per heavy atom. The van der Waals surface area contributed by atoms with E-state index in [4.69, 9.17) is 5.73 Å². The van der Waals surface area contributed by atoms with Gasteiger partial charge >= 0.3 is 0 Å². The Labute approximate surface area is 145 Å². The van der Waals surface area contributed by atoms with E-state index in [1.165, 1.54) is 6.08 Å². The fraction of sp³-hybridized carbons (Fsp3) is 0.278. The Morgan fingerprint density at radius 2 is 2.20 bits per heavy atom. The predicted octanol–water partition coefficient (Wildman–Crippen LogP) is 0.965. The molecule has 0 radical (unpaired) electrons. The van der Waals surface area contributed by atoms with Gasteiger partial charge in [0.1, 0.15) is 5.69 Å². The van der Waals surface area contributed by atoms with Gasteiger partial charge in [-0.15, -0.1) is 0 Å². The van der Waals surface area contributed by atoms with E-state index in [1.807, 2.05) is 18.2 Å². The lowest BCUT2D eigenvalue weighted by molar-refractivity contribution is -0.125. The Morgan fingerprint density at radius 3 is 2.96 bits per heavy atom. The van der Waals surface area contributed by atoms with Crippen LogP contribution in [-0.2, 0) is 4.79 Å². The molecule has 1 amide bonds. The Balaban J connectivity index is 1.70. The highest BCUT2D eigenvalue weighted by molar-refractivity contribution is 5.87. The number of rotatable bonds is 5. The molecule has 3 heterocycles. The number of H-pyrrole nitrogens is 1. The van der Waals surface area contributed by atoms with Gasteiger partial charge in [0, 0.05) is 55.9 Å². The number of amides is 1. The van der Waals surface area contributed by atoms with Crippen LogP contribution >= 0.6 is 0 Å². The molecule has 0 spiro atoms. The van der Waals surface area contributed by atoms with Crippen molar-refractivity contribution in [1.82, 2.24) is 14.9 Å². The lowest BCUT2D eigenvalue weighted by Gasteiger charge is -2.16. The molecule has 1 atom stereocenters. The average molecular weight is 339 g/mol. The first-order valence-corrected chi connectivity index (χ1v) is 8.22. The maximum absolute atomic E-state index is 12.1. The second-order valence-electron chi connectivity index (χ2n) is 5.92. The third-order valence-electron chi connectivity index (χ3n) is 4.17. The van der Waals surface area contributed by atoms with Crippen molar-refractivity contribution in [2.24, 2.45) is 5.73 Å². The Kier molecular flexibility index (Phi) is 5.25. The first-order chi connectivity index (χ1) is 12.2. The summed E-state index contributed by atoms with van der Waals surface area (Å²) in [4.78, 5) is 32.6. The summed E-state index contributed by atoms with van der Waals surface area (Å²) < 4.78 is 0. The summed E-state index contributed by atoms with van der Waals surface area (Å²) >= 11 is 0. The number of carbonyl (C=O) groups excluding carboxylic acids is 1. The fourth-order valence-corrected chi connectivity index (χ4v) is 2.87. The molecule has 1 saturated heterocycles. The monoisotopic (exact) mass is 339 g/mol. The number of hydrogen-bond donors (Lipinski definition) is 3. The minimum absolute atomic E-state index is 0.0454. The molecular formula is C18H21N5O2. The van der Waals surface area contributed by atoms with Gasteiger partial charge in [0.25, 0.3) is 5.56 Å². The molecule has 0 aromatic carbocycles. The average Bonchev–Trinajstić information content (AvgIpc) is 3.11. The molecule has 25 heavy (non-hydrogen) atoms. The lowest BCUT2D eigenvalue weighted by Crippen LogP contribution is -2.31. The number of nitrogens with two attached hydrogens (primary N) is 1. The van der Waals surface area contributed by atoms with Crippen molar-refractivity contribution in [3.8, 4) is 11.1 Å². The molecule has 7 nitrogen and oxygen atoms in total. The van der Waals surface area contributed by atoms with Crippen LogP contribution in [0.15, 0.2) is 53.7 Å². The highest BCUT2D eigenvalue weighted by atomic mass is 16.2. The first-order valence-electron chi connectivity index (χ1n) is 8.22. The van der Waals surface area contributed by atoms with Gasteiger partial charge in [-0.1, -0.05) is 6.08 Å². The zero-order chi connectivity index (χ0) is 17.6. The third kappa shape index (κ3) is 4.13. The molecule has 2 aromatic rings. The van der Waals surface area contributed by atoms with E-state index in [9.17, 15) is 9.59 Å². The summed E-state index contributed by atoms with van der Waals surface area (Å²) in [5, 5.41) is 3.26. The van der Waals surface area contributed by atoms with Gasteiger partial charge in [0.05, 0.1) is 0 Å². The second kappa shape index (κ2) is 7.76. The van der Waals surface area contributed by atoms with Gasteiger partial charge in [-0.25, -0.2) is 0 Å². The van der Waals surface area contributed by atoms with Crippen LogP contribution in [0.5, 0.6) is 0 Å². The summed E-state index contributed by atoms with van der Waals surface area (Å²) in [6.07, 6.45) is 9.04. The molecule has 0 bridgehead atoms. The largest absolute Gasteiger partial charge is 0.376 e. The summed E-state index contributed by atoms with van der Waals surface area (Å²) in [7, 11) is 0. The highest BCUT2D eigenvalue weighted by Crippen LogP contribution is 2.20. The quantitative estimate of drug-likeness (QED) is 0.704. The van der Waals surface area contributed by atoms with Crippen LogP contribution in [0.1, 0.15) is 6.42 Å². The van der Waals surface area contributed by atoms with Crippen LogP contribution < -0.4 is 16.6 Å². The molecule has 4 N–H and O–H groups in total. The molecule has 1 fully saturated rings. The SMILES string of the molecule is NCC=CC(=O)N1CC[C@H](Nc2cc(-c3ccncc3)c[nH]c2=O)C1. The number of nitrogens with zero attached hydrogens (tertiary/aromatic N) is 2. The Bertz CT molecular complexity index is 816. The van der Waals surface area contributed by atoms with Gasteiger partial charge in [0.15, 0.2) is 0 Å². The molecule has 3 rings (SSSR count). The smallest absolute Gasteiger partial charge is 0.271 e. The summed E-state index contributed by atoms with van der Waals surface area (Å²) in [6.45, 7) is 1.57. The van der Waals surface area contributed by atoms with Gasteiger partial charge in [-0.3, -0.25) is 14.6 Å². The number of hydrogen-bond acceptors (Lipinski definition) is 5. The zero-order valence-electron chi connectivity index (χ0n) is 13.8. The van der Waals surface area contributed by atoms with Gasteiger partial charge in [-0.05, 0) is 30.2 Å². The van der Waals surface area contributed by atoms with E-state index in [2.05, 4.69) is 15.3 Å². The van der Waals surface area contributed by atoms with Crippen molar-refractivity contribution < 1.29 is 4.79 Å². The van der Waals surface area contributed by atoms with Crippen LogP contribution in [0.2, 0.25) is 0 Å². The standard InChI is InChI=1S/C18H21N5O2/c19-6-1-2-17(24)23-9-5-15(12-23)22-16-10-14(11-21-18(16)25)13-3-7-20-8-4-13/h1-4,7-8,10-11,15,22H,5-6,9,12,19H2,(H,21,25)/t15-/m0/s1. The Hall–Kier alpha value is -2.93. The van der Waals surface area contributed by atoms with Gasteiger partial charge in [-0.2, -0.15) is 0 Å². The van der Waals surface area contributed by atoms with E-state index in [1.54, 1.807) is 29.6 Å². The highest BCUT2D eigenvalue weighted by Gasteiger charge is 2.25. The molecule has 2 aromatic heterocycles. The van der Waals surface area contributed by atoms with Crippen molar-refractivity contribution >= 4 is 11.6 Å². The molecular weight excluding hydrogens is 318 g/mol. The molecule has 130 valence electrons. The predicted molar refractivity (Wildman–Crippen MR) is 97.1 cm³/mol. The number of likely N-dealkylation sites (tertiary alicyclic amines) is 1. The minimum atomic E-state index is -0.175. The summed E-state index contributed by atoms with van der Waals surface area (Å²) in [5.41, 5.74) is 7.58. The molecule has 0 aliphatic carbocycles. The van der Waals surface area contributed by atoms with Crippen molar-refractivity contribution in [2.45, 2.75) is 12.5 Å². The van der Waals surface area contributed by atoms with Gasteiger partial charge in [0.2, 0.25) is 5.91 Å². The van der Waals surface area contributed by atoms with Crippen molar-refractivity contribution in [3.05, 3.63) is 59.3 Å². The normalized spacial score (nSPS) is 17.2. The van der Waals surface area contributed by atoms with E-state index >= 15 is 0 Å². The van der Waals surface area contributed by atoms with E-state index in [0.717, 1.165) is 17.5 Å². The number of anilines is 1. The third-order valence-corrected chi connectivity index (χ3v) is 4.17. The van der Waals surface area contributed by atoms with Crippen molar-refractivity contribution in [1.29, 1.82) is 0 Å². The molecule has 1 aliphatic rings. The van der Waals surface area contributed by atoms with E-state index in [-0.39, 0.29) is 17.5 Å². The number of pyridine rings is 2. The van der Waals surface area contributed by atoms with Crippen molar-refractivity contribution in [3.63, 3.8) is 0 Å². The molecule has 7 heteroatoms. The maximum Gasteiger partial charge on any atom is 0.271 e. The van der Waals surface area contributed by atoms with Crippen LogP contribution in [0.3, 0.4) is 0 Å².